The van der Waals surface area contributed by atoms with Gasteiger partial charge in [-0.1, -0.05) is 29.3 Å². The molecule has 0 unspecified atom stereocenters. The Kier molecular flexibility index (Phi) is 3.55. The van der Waals surface area contributed by atoms with Crippen molar-refractivity contribution in [2.75, 3.05) is 13.2 Å². The SMILES string of the molecule is O=C(c1ccc(Cl)c(Cl)c1)c1cccc2c1OCCO2. The summed E-state index contributed by atoms with van der Waals surface area (Å²) in [6.07, 6.45) is 0. The van der Waals surface area contributed by atoms with E-state index in [-0.39, 0.29) is 5.78 Å². The van der Waals surface area contributed by atoms with E-state index in [4.69, 9.17) is 32.7 Å². The molecule has 2 aromatic rings. The Labute approximate surface area is 126 Å². The maximum atomic E-state index is 12.5. The molecular weight excluding hydrogens is 299 g/mol. The van der Waals surface area contributed by atoms with Crippen LogP contribution in [0.3, 0.4) is 0 Å². The summed E-state index contributed by atoms with van der Waals surface area (Å²) in [6, 6.07) is 10.0. The first kappa shape index (κ1) is 13.3. The van der Waals surface area contributed by atoms with Gasteiger partial charge in [0, 0.05) is 5.56 Å². The quantitative estimate of drug-likeness (QED) is 0.787. The molecule has 0 N–H and O–H groups in total. The van der Waals surface area contributed by atoms with Crippen LogP contribution in [0.4, 0.5) is 0 Å². The first-order valence-electron chi connectivity index (χ1n) is 6.05. The van der Waals surface area contributed by atoms with Gasteiger partial charge < -0.3 is 9.47 Å². The second-order valence-electron chi connectivity index (χ2n) is 4.29. The van der Waals surface area contributed by atoms with Crippen LogP contribution in [-0.4, -0.2) is 19.0 Å². The summed E-state index contributed by atoms with van der Waals surface area (Å²) in [4.78, 5) is 12.5. The maximum absolute atomic E-state index is 12.5. The number of para-hydroxylation sites is 1. The lowest BCUT2D eigenvalue weighted by molar-refractivity contribution is 0.102. The van der Waals surface area contributed by atoms with Crippen molar-refractivity contribution in [1.82, 2.24) is 0 Å². The van der Waals surface area contributed by atoms with Crippen LogP contribution in [0.5, 0.6) is 11.5 Å². The van der Waals surface area contributed by atoms with Crippen molar-refractivity contribution in [2.45, 2.75) is 0 Å². The lowest BCUT2D eigenvalue weighted by atomic mass is 10.0. The second-order valence-corrected chi connectivity index (χ2v) is 5.10. The van der Waals surface area contributed by atoms with Gasteiger partial charge in [-0.25, -0.2) is 0 Å². The van der Waals surface area contributed by atoms with Gasteiger partial charge in [0.25, 0.3) is 0 Å². The van der Waals surface area contributed by atoms with E-state index in [9.17, 15) is 4.79 Å². The van der Waals surface area contributed by atoms with Gasteiger partial charge in [0.05, 0.1) is 15.6 Å². The van der Waals surface area contributed by atoms with Crippen LogP contribution in [0.15, 0.2) is 36.4 Å². The molecule has 0 atom stereocenters. The highest BCUT2D eigenvalue weighted by Crippen LogP contribution is 2.35. The van der Waals surface area contributed by atoms with Crippen molar-refractivity contribution in [3.8, 4) is 11.5 Å². The van der Waals surface area contributed by atoms with E-state index in [1.54, 1.807) is 36.4 Å². The van der Waals surface area contributed by atoms with Crippen molar-refractivity contribution in [3.05, 3.63) is 57.6 Å². The molecule has 1 aliphatic heterocycles. The lowest BCUT2D eigenvalue weighted by Crippen LogP contribution is -2.18. The van der Waals surface area contributed by atoms with Crippen LogP contribution in [0.25, 0.3) is 0 Å². The molecule has 0 saturated carbocycles. The smallest absolute Gasteiger partial charge is 0.196 e. The van der Waals surface area contributed by atoms with E-state index in [1.807, 2.05) is 0 Å². The molecule has 3 rings (SSSR count). The van der Waals surface area contributed by atoms with Crippen molar-refractivity contribution >= 4 is 29.0 Å². The van der Waals surface area contributed by atoms with Gasteiger partial charge in [-0.05, 0) is 30.3 Å². The fraction of sp³-hybridized carbons (Fsp3) is 0.133. The Morgan fingerprint density at radius 3 is 2.60 bits per heavy atom. The molecule has 20 heavy (non-hydrogen) atoms. The van der Waals surface area contributed by atoms with Crippen LogP contribution < -0.4 is 9.47 Å². The highest BCUT2D eigenvalue weighted by molar-refractivity contribution is 6.42. The Morgan fingerprint density at radius 2 is 1.80 bits per heavy atom. The van der Waals surface area contributed by atoms with Crippen molar-refractivity contribution in [2.24, 2.45) is 0 Å². The third-order valence-corrected chi connectivity index (χ3v) is 3.73. The van der Waals surface area contributed by atoms with Gasteiger partial charge in [0.1, 0.15) is 13.2 Å². The number of carbonyl (C=O) groups excluding carboxylic acids is 1. The Balaban J connectivity index is 2.04. The molecular formula is C15H10Cl2O3. The zero-order chi connectivity index (χ0) is 14.1. The van der Waals surface area contributed by atoms with Crippen LogP contribution in [0.1, 0.15) is 15.9 Å². The number of carbonyl (C=O) groups is 1. The normalized spacial score (nSPS) is 13.1. The summed E-state index contributed by atoms with van der Waals surface area (Å²) in [5, 5.41) is 0.761. The third-order valence-electron chi connectivity index (χ3n) is 2.99. The third kappa shape index (κ3) is 2.35. The molecule has 0 radical (unpaired) electrons. The van der Waals surface area contributed by atoms with Crippen LogP contribution >= 0.6 is 23.2 Å². The van der Waals surface area contributed by atoms with E-state index in [1.165, 1.54) is 0 Å². The molecule has 0 spiro atoms. The number of benzene rings is 2. The summed E-state index contributed by atoms with van der Waals surface area (Å²) in [5.74, 6) is 0.892. The molecule has 0 aliphatic carbocycles. The van der Waals surface area contributed by atoms with Crippen molar-refractivity contribution in [1.29, 1.82) is 0 Å². The molecule has 1 aliphatic rings. The highest BCUT2D eigenvalue weighted by Gasteiger charge is 2.21. The van der Waals surface area contributed by atoms with E-state index in [0.717, 1.165) is 0 Å². The average Bonchev–Trinajstić information content (AvgIpc) is 2.49. The Bertz CT molecular complexity index is 683. The minimum Gasteiger partial charge on any atom is -0.486 e. The van der Waals surface area contributed by atoms with E-state index in [0.29, 0.717) is 45.9 Å². The van der Waals surface area contributed by atoms with Gasteiger partial charge in [-0.3, -0.25) is 4.79 Å². The first-order chi connectivity index (χ1) is 9.66. The topological polar surface area (TPSA) is 35.5 Å². The van der Waals surface area contributed by atoms with Gasteiger partial charge in [-0.15, -0.1) is 0 Å². The number of hydrogen-bond acceptors (Lipinski definition) is 3. The molecule has 0 aromatic heterocycles. The second kappa shape index (κ2) is 5.35. The largest absolute Gasteiger partial charge is 0.486 e. The number of rotatable bonds is 2. The lowest BCUT2D eigenvalue weighted by Gasteiger charge is -2.20. The van der Waals surface area contributed by atoms with E-state index >= 15 is 0 Å². The summed E-state index contributed by atoms with van der Waals surface area (Å²) >= 11 is 11.8. The number of hydrogen-bond donors (Lipinski definition) is 0. The Hall–Kier alpha value is -1.71. The van der Waals surface area contributed by atoms with Crippen molar-refractivity contribution < 1.29 is 14.3 Å². The van der Waals surface area contributed by atoms with Crippen molar-refractivity contribution in [3.63, 3.8) is 0 Å². The van der Waals surface area contributed by atoms with Crippen LogP contribution in [0, 0.1) is 0 Å². The predicted molar refractivity (Wildman–Crippen MR) is 77.3 cm³/mol. The molecule has 2 aromatic carbocycles. The number of halogens is 2. The monoisotopic (exact) mass is 308 g/mol. The molecule has 1 heterocycles. The summed E-state index contributed by atoms with van der Waals surface area (Å²) in [7, 11) is 0. The molecule has 0 fully saturated rings. The number of fused-ring (bicyclic) bond motifs is 1. The first-order valence-corrected chi connectivity index (χ1v) is 6.81. The van der Waals surface area contributed by atoms with E-state index in [2.05, 4.69) is 0 Å². The predicted octanol–water partition coefficient (Wildman–Crippen LogP) is 4.00. The number of ketones is 1. The molecule has 102 valence electrons. The molecule has 3 nitrogen and oxygen atoms in total. The van der Waals surface area contributed by atoms with Gasteiger partial charge in [0.2, 0.25) is 0 Å². The standard InChI is InChI=1S/C15H10Cl2O3/c16-11-5-4-9(8-12(11)17)14(18)10-2-1-3-13-15(10)20-7-6-19-13/h1-5,8H,6-7H2. The average molecular weight is 309 g/mol. The van der Waals surface area contributed by atoms with Gasteiger partial charge in [-0.2, -0.15) is 0 Å². The molecule has 0 saturated heterocycles. The molecule has 0 bridgehead atoms. The van der Waals surface area contributed by atoms with Crippen LogP contribution in [0.2, 0.25) is 10.0 Å². The number of ether oxygens (including phenoxy) is 2. The fourth-order valence-electron chi connectivity index (χ4n) is 2.05. The van der Waals surface area contributed by atoms with Gasteiger partial charge in [0.15, 0.2) is 17.3 Å². The summed E-state index contributed by atoms with van der Waals surface area (Å²) in [5.41, 5.74) is 0.919. The van der Waals surface area contributed by atoms with Crippen LogP contribution in [-0.2, 0) is 0 Å². The molecule has 5 heteroatoms. The maximum Gasteiger partial charge on any atom is 0.196 e. The minimum atomic E-state index is -0.175. The summed E-state index contributed by atoms with van der Waals surface area (Å²) < 4.78 is 11.0. The minimum absolute atomic E-state index is 0.175. The fourth-order valence-corrected chi connectivity index (χ4v) is 2.34. The zero-order valence-electron chi connectivity index (χ0n) is 10.4. The molecule has 0 amide bonds. The van der Waals surface area contributed by atoms with E-state index < -0.39 is 0 Å². The van der Waals surface area contributed by atoms with Gasteiger partial charge >= 0.3 is 0 Å². The zero-order valence-corrected chi connectivity index (χ0v) is 11.9. The summed E-state index contributed by atoms with van der Waals surface area (Å²) in [6.45, 7) is 0.913. The Morgan fingerprint density at radius 1 is 1.00 bits per heavy atom. The highest BCUT2D eigenvalue weighted by atomic mass is 35.5.